The first-order chi connectivity index (χ1) is 7.29. The van der Waals surface area contributed by atoms with Gasteiger partial charge in [-0.05, 0) is 42.5 Å². The Morgan fingerprint density at radius 3 is 2.67 bits per heavy atom. The first-order valence-corrected chi connectivity index (χ1v) is 5.50. The summed E-state index contributed by atoms with van der Waals surface area (Å²) in [5.41, 5.74) is 6.67. The van der Waals surface area contributed by atoms with Crippen LogP contribution < -0.4 is 10.6 Å². The van der Waals surface area contributed by atoms with Crippen LogP contribution in [-0.2, 0) is 0 Å². The molecule has 1 saturated heterocycles. The molecular formula is C12H15FN2. The molecule has 1 aromatic carbocycles. The summed E-state index contributed by atoms with van der Waals surface area (Å²) in [6.45, 7) is 2.91. The number of fused-ring (bicyclic) bond motifs is 1. The van der Waals surface area contributed by atoms with Gasteiger partial charge in [-0.25, -0.2) is 4.39 Å². The average Bonchev–Trinajstić information content (AvgIpc) is 2.70. The van der Waals surface area contributed by atoms with Gasteiger partial charge in [-0.2, -0.15) is 0 Å². The summed E-state index contributed by atoms with van der Waals surface area (Å²) in [5.74, 6) is 2.11. The zero-order valence-electron chi connectivity index (χ0n) is 8.57. The Labute approximate surface area is 88.9 Å². The van der Waals surface area contributed by atoms with Crippen molar-refractivity contribution < 1.29 is 4.39 Å². The van der Waals surface area contributed by atoms with Crippen molar-refractivity contribution in [2.45, 2.75) is 0 Å². The molecule has 1 aliphatic carbocycles. The van der Waals surface area contributed by atoms with Crippen LogP contribution in [0.15, 0.2) is 24.3 Å². The van der Waals surface area contributed by atoms with Gasteiger partial charge in [-0.15, -0.1) is 0 Å². The van der Waals surface area contributed by atoms with Crippen molar-refractivity contribution in [3.63, 3.8) is 0 Å². The monoisotopic (exact) mass is 206 g/mol. The van der Waals surface area contributed by atoms with Crippen LogP contribution in [0.25, 0.3) is 0 Å². The highest BCUT2D eigenvalue weighted by atomic mass is 19.1. The van der Waals surface area contributed by atoms with E-state index in [1.54, 1.807) is 12.1 Å². The van der Waals surface area contributed by atoms with E-state index in [0.717, 1.165) is 43.1 Å². The second kappa shape index (κ2) is 3.20. The molecule has 2 N–H and O–H groups in total. The molecule has 2 aliphatic rings. The average molecular weight is 206 g/mol. The van der Waals surface area contributed by atoms with E-state index in [4.69, 9.17) is 5.73 Å². The molecule has 3 heteroatoms. The van der Waals surface area contributed by atoms with Crippen molar-refractivity contribution in [3.8, 4) is 0 Å². The van der Waals surface area contributed by atoms with Crippen molar-refractivity contribution in [1.29, 1.82) is 0 Å². The van der Waals surface area contributed by atoms with Crippen LogP contribution in [0.2, 0.25) is 0 Å². The number of nitrogens with zero attached hydrogens (tertiary/aromatic N) is 1. The van der Waals surface area contributed by atoms with Crippen molar-refractivity contribution in [1.82, 2.24) is 0 Å². The molecule has 2 atom stereocenters. The molecule has 1 aliphatic heterocycles. The standard InChI is InChI=1S/C12H15FN2/c13-8-2-1-3-9(4-8)15-6-11-10(5-14)12(11)7-15/h1-4,10-12H,5-7,14H2. The van der Waals surface area contributed by atoms with Crippen LogP contribution in [0.1, 0.15) is 0 Å². The van der Waals surface area contributed by atoms with Crippen LogP contribution in [-0.4, -0.2) is 19.6 Å². The summed E-state index contributed by atoms with van der Waals surface area (Å²) in [7, 11) is 0. The molecule has 2 nitrogen and oxygen atoms in total. The lowest BCUT2D eigenvalue weighted by Crippen LogP contribution is -2.25. The molecule has 1 heterocycles. The fourth-order valence-electron chi connectivity index (χ4n) is 2.88. The number of hydrogen-bond acceptors (Lipinski definition) is 2. The molecule has 80 valence electrons. The highest BCUT2D eigenvalue weighted by Gasteiger charge is 2.54. The van der Waals surface area contributed by atoms with E-state index in [9.17, 15) is 4.39 Å². The topological polar surface area (TPSA) is 29.3 Å². The zero-order chi connectivity index (χ0) is 10.4. The first kappa shape index (κ1) is 9.16. The third kappa shape index (κ3) is 1.42. The second-order valence-corrected chi connectivity index (χ2v) is 4.61. The van der Waals surface area contributed by atoms with E-state index in [0.29, 0.717) is 0 Å². The summed E-state index contributed by atoms with van der Waals surface area (Å²) in [5, 5.41) is 0. The van der Waals surface area contributed by atoms with Gasteiger partial charge in [0.25, 0.3) is 0 Å². The van der Waals surface area contributed by atoms with Gasteiger partial charge in [0.2, 0.25) is 0 Å². The quantitative estimate of drug-likeness (QED) is 0.794. The molecular weight excluding hydrogens is 191 g/mol. The van der Waals surface area contributed by atoms with Crippen molar-refractivity contribution in [2.24, 2.45) is 23.5 Å². The Balaban J connectivity index is 1.72. The molecule has 0 bridgehead atoms. The number of anilines is 1. The molecule has 0 radical (unpaired) electrons. The summed E-state index contributed by atoms with van der Waals surface area (Å²) in [6.07, 6.45) is 0. The van der Waals surface area contributed by atoms with E-state index in [1.165, 1.54) is 6.07 Å². The second-order valence-electron chi connectivity index (χ2n) is 4.61. The minimum absolute atomic E-state index is 0.150. The summed E-state index contributed by atoms with van der Waals surface area (Å²) in [4.78, 5) is 2.27. The lowest BCUT2D eigenvalue weighted by Gasteiger charge is -2.21. The van der Waals surface area contributed by atoms with E-state index < -0.39 is 0 Å². The van der Waals surface area contributed by atoms with Crippen LogP contribution in [0.3, 0.4) is 0 Å². The molecule has 1 saturated carbocycles. The Bertz CT molecular complexity index is 368. The summed E-state index contributed by atoms with van der Waals surface area (Å²) < 4.78 is 13.0. The van der Waals surface area contributed by atoms with Crippen molar-refractivity contribution >= 4 is 5.69 Å². The van der Waals surface area contributed by atoms with Crippen molar-refractivity contribution in [3.05, 3.63) is 30.1 Å². The number of piperidine rings is 1. The van der Waals surface area contributed by atoms with Crippen LogP contribution >= 0.6 is 0 Å². The van der Waals surface area contributed by atoms with Gasteiger partial charge in [-0.3, -0.25) is 0 Å². The maximum atomic E-state index is 13.0. The van der Waals surface area contributed by atoms with E-state index in [-0.39, 0.29) is 5.82 Å². The summed E-state index contributed by atoms with van der Waals surface area (Å²) in [6, 6.07) is 6.85. The Morgan fingerprint density at radius 2 is 2.07 bits per heavy atom. The van der Waals surface area contributed by atoms with Gasteiger partial charge in [0.05, 0.1) is 0 Å². The highest BCUT2D eigenvalue weighted by molar-refractivity contribution is 5.49. The van der Waals surface area contributed by atoms with Gasteiger partial charge < -0.3 is 10.6 Å². The van der Waals surface area contributed by atoms with Gasteiger partial charge in [-0.1, -0.05) is 6.07 Å². The fraction of sp³-hybridized carbons (Fsp3) is 0.500. The SMILES string of the molecule is NCC1C2CN(c3cccc(F)c3)CC12. The predicted octanol–water partition coefficient (Wildman–Crippen LogP) is 1.47. The third-order valence-electron chi connectivity index (χ3n) is 3.82. The summed E-state index contributed by atoms with van der Waals surface area (Å²) >= 11 is 0. The van der Waals surface area contributed by atoms with Gasteiger partial charge in [0, 0.05) is 18.8 Å². The molecule has 2 unspecified atom stereocenters. The first-order valence-electron chi connectivity index (χ1n) is 5.50. The van der Waals surface area contributed by atoms with Gasteiger partial charge >= 0.3 is 0 Å². The van der Waals surface area contributed by atoms with Crippen molar-refractivity contribution in [2.75, 3.05) is 24.5 Å². The molecule has 0 amide bonds. The smallest absolute Gasteiger partial charge is 0.125 e. The van der Waals surface area contributed by atoms with Crippen LogP contribution in [0.4, 0.5) is 10.1 Å². The maximum absolute atomic E-state index is 13.0. The number of benzene rings is 1. The highest BCUT2D eigenvalue weighted by Crippen LogP contribution is 2.51. The molecule has 0 spiro atoms. The maximum Gasteiger partial charge on any atom is 0.125 e. The molecule has 2 fully saturated rings. The zero-order valence-corrected chi connectivity index (χ0v) is 8.57. The van der Waals surface area contributed by atoms with E-state index >= 15 is 0 Å². The molecule has 0 aromatic heterocycles. The van der Waals surface area contributed by atoms with Crippen LogP contribution in [0, 0.1) is 23.6 Å². The van der Waals surface area contributed by atoms with E-state index in [1.807, 2.05) is 6.07 Å². The lowest BCUT2D eigenvalue weighted by atomic mass is 10.2. The molecule has 15 heavy (non-hydrogen) atoms. The van der Waals surface area contributed by atoms with Crippen LogP contribution in [0.5, 0.6) is 0 Å². The number of hydrogen-bond donors (Lipinski definition) is 1. The Hall–Kier alpha value is -1.09. The number of nitrogens with two attached hydrogens (primary N) is 1. The number of halogens is 1. The Kier molecular flexibility index (Phi) is 1.96. The molecule has 1 aromatic rings. The minimum Gasteiger partial charge on any atom is -0.371 e. The predicted molar refractivity (Wildman–Crippen MR) is 58.1 cm³/mol. The normalized spacial score (nSPS) is 32.9. The molecule has 3 rings (SSSR count). The number of rotatable bonds is 2. The Morgan fingerprint density at radius 1 is 1.33 bits per heavy atom. The fourth-order valence-corrected chi connectivity index (χ4v) is 2.88. The lowest BCUT2D eigenvalue weighted by molar-refractivity contribution is 0.621. The largest absolute Gasteiger partial charge is 0.371 e. The van der Waals surface area contributed by atoms with E-state index in [2.05, 4.69) is 4.90 Å². The van der Waals surface area contributed by atoms with Gasteiger partial charge in [0.1, 0.15) is 5.82 Å². The minimum atomic E-state index is -0.150. The third-order valence-corrected chi connectivity index (χ3v) is 3.82. The van der Waals surface area contributed by atoms with Gasteiger partial charge in [0.15, 0.2) is 0 Å².